The third-order valence-electron chi connectivity index (χ3n) is 1.62. The van der Waals surface area contributed by atoms with Gasteiger partial charge < -0.3 is 0 Å². The molecule has 4 heteroatoms. The standard InChI is InChI=1S/C6H11NO2S/c1-6-2-4-7(5-3-6)10(8)9/h2H,3-5H2,1H3,(H,8,9). The van der Waals surface area contributed by atoms with E-state index in [0.29, 0.717) is 13.1 Å². The number of hydrogen-bond acceptors (Lipinski definition) is 1. The van der Waals surface area contributed by atoms with Gasteiger partial charge in [0.1, 0.15) is 0 Å². The Labute approximate surface area is 63.1 Å². The quantitative estimate of drug-likeness (QED) is 0.456. The fourth-order valence-corrected chi connectivity index (χ4v) is 1.34. The number of nitrogens with zero attached hydrogens (tertiary/aromatic N) is 1. The Hall–Kier alpha value is -0.190. The smallest absolute Gasteiger partial charge is 0.234 e. The first-order chi connectivity index (χ1) is 4.70. The van der Waals surface area contributed by atoms with E-state index in [2.05, 4.69) is 0 Å². The third kappa shape index (κ3) is 1.90. The Bertz CT molecular complexity index is 179. The molecule has 10 heavy (non-hydrogen) atoms. The largest absolute Gasteiger partial charge is 0.294 e. The second kappa shape index (κ2) is 3.27. The predicted molar refractivity (Wildman–Crippen MR) is 40.7 cm³/mol. The van der Waals surface area contributed by atoms with Gasteiger partial charge in [-0.05, 0) is 13.3 Å². The molecule has 0 amide bonds. The molecular weight excluding hydrogens is 150 g/mol. The molecule has 0 saturated heterocycles. The molecule has 0 fully saturated rings. The minimum absolute atomic E-state index is 0.606. The average molecular weight is 161 g/mol. The van der Waals surface area contributed by atoms with Crippen LogP contribution in [0.25, 0.3) is 0 Å². The van der Waals surface area contributed by atoms with Crippen LogP contribution in [-0.2, 0) is 11.3 Å². The van der Waals surface area contributed by atoms with Crippen molar-refractivity contribution < 1.29 is 8.76 Å². The molecule has 0 aliphatic carbocycles. The highest BCUT2D eigenvalue weighted by Crippen LogP contribution is 2.09. The van der Waals surface area contributed by atoms with E-state index in [-0.39, 0.29) is 0 Å². The van der Waals surface area contributed by atoms with Crippen LogP contribution >= 0.6 is 0 Å². The number of rotatable bonds is 1. The summed E-state index contributed by atoms with van der Waals surface area (Å²) in [5.41, 5.74) is 1.31. The van der Waals surface area contributed by atoms with Gasteiger partial charge in [0.25, 0.3) is 0 Å². The predicted octanol–water partition coefficient (Wildman–Crippen LogP) is 0.775. The van der Waals surface area contributed by atoms with E-state index in [1.807, 2.05) is 13.0 Å². The van der Waals surface area contributed by atoms with Gasteiger partial charge in [-0.2, -0.15) is 4.31 Å². The molecule has 1 unspecified atom stereocenters. The molecule has 1 aliphatic heterocycles. The summed E-state index contributed by atoms with van der Waals surface area (Å²) in [6, 6.07) is 0. The molecule has 0 spiro atoms. The summed E-state index contributed by atoms with van der Waals surface area (Å²) in [4.78, 5) is 0. The molecule has 0 aromatic carbocycles. The van der Waals surface area contributed by atoms with E-state index >= 15 is 0 Å². The highest BCUT2D eigenvalue weighted by molar-refractivity contribution is 7.76. The molecule has 1 aliphatic rings. The molecule has 3 nitrogen and oxygen atoms in total. The average Bonchev–Trinajstić information content (AvgIpc) is 1.88. The zero-order valence-electron chi connectivity index (χ0n) is 5.91. The maximum atomic E-state index is 10.5. The van der Waals surface area contributed by atoms with E-state index < -0.39 is 11.3 Å². The van der Waals surface area contributed by atoms with Crippen molar-refractivity contribution in [3.8, 4) is 0 Å². The van der Waals surface area contributed by atoms with Gasteiger partial charge in [0.05, 0.1) is 0 Å². The van der Waals surface area contributed by atoms with Crippen molar-refractivity contribution in [1.29, 1.82) is 0 Å². The SMILES string of the molecule is CC1=CCN(S(=O)O)CC1. The summed E-state index contributed by atoms with van der Waals surface area (Å²) in [5.74, 6) is 0. The molecule has 1 atom stereocenters. The Morgan fingerprint density at radius 3 is 2.90 bits per heavy atom. The normalized spacial score (nSPS) is 24.0. The first-order valence-electron chi connectivity index (χ1n) is 3.21. The first-order valence-corrected chi connectivity index (χ1v) is 4.28. The molecular formula is C6H11NO2S. The van der Waals surface area contributed by atoms with Crippen molar-refractivity contribution in [2.24, 2.45) is 0 Å². The minimum Gasteiger partial charge on any atom is -0.294 e. The monoisotopic (exact) mass is 161 g/mol. The highest BCUT2D eigenvalue weighted by Gasteiger charge is 2.12. The van der Waals surface area contributed by atoms with E-state index in [9.17, 15) is 4.21 Å². The van der Waals surface area contributed by atoms with Gasteiger partial charge in [-0.1, -0.05) is 11.6 Å². The van der Waals surface area contributed by atoms with E-state index in [1.54, 1.807) is 0 Å². The molecule has 0 aromatic heterocycles. The third-order valence-corrected chi connectivity index (χ3v) is 2.39. The summed E-state index contributed by atoms with van der Waals surface area (Å²) in [6.07, 6.45) is 2.89. The van der Waals surface area contributed by atoms with Crippen LogP contribution in [0.1, 0.15) is 13.3 Å². The van der Waals surface area contributed by atoms with Crippen LogP contribution in [0.15, 0.2) is 11.6 Å². The van der Waals surface area contributed by atoms with Crippen LogP contribution in [0, 0.1) is 0 Å². The lowest BCUT2D eigenvalue weighted by Gasteiger charge is -2.20. The van der Waals surface area contributed by atoms with Crippen molar-refractivity contribution in [1.82, 2.24) is 4.31 Å². The first kappa shape index (κ1) is 7.91. The van der Waals surface area contributed by atoms with Crippen LogP contribution in [0.2, 0.25) is 0 Å². The Kier molecular flexibility index (Phi) is 2.59. The Balaban J connectivity index is 2.50. The van der Waals surface area contributed by atoms with Crippen LogP contribution in [0.4, 0.5) is 0 Å². The maximum absolute atomic E-state index is 10.5. The van der Waals surface area contributed by atoms with Crippen LogP contribution in [-0.4, -0.2) is 26.2 Å². The summed E-state index contributed by atoms with van der Waals surface area (Å²) in [7, 11) is 0. The fraction of sp³-hybridized carbons (Fsp3) is 0.667. The number of hydrogen-bond donors (Lipinski definition) is 1. The molecule has 0 aromatic rings. The summed E-state index contributed by atoms with van der Waals surface area (Å²) in [5, 5.41) is 0. The van der Waals surface area contributed by atoms with Crippen molar-refractivity contribution in [3.05, 3.63) is 11.6 Å². The van der Waals surface area contributed by atoms with Crippen molar-refractivity contribution in [2.45, 2.75) is 13.3 Å². The van der Waals surface area contributed by atoms with Gasteiger partial charge in [0.15, 0.2) is 0 Å². The van der Waals surface area contributed by atoms with Crippen molar-refractivity contribution in [2.75, 3.05) is 13.1 Å². The van der Waals surface area contributed by atoms with Crippen LogP contribution in [0.3, 0.4) is 0 Å². The van der Waals surface area contributed by atoms with Crippen molar-refractivity contribution >= 4 is 11.3 Å². The fourth-order valence-electron chi connectivity index (χ4n) is 0.894. The second-order valence-corrected chi connectivity index (χ2v) is 3.40. The topological polar surface area (TPSA) is 40.5 Å². The second-order valence-electron chi connectivity index (χ2n) is 2.42. The van der Waals surface area contributed by atoms with Gasteiger partial charge in [0, 0.05) is 13.1 Å². The maximum Gasteiger partial charge on any atom is 0.234 e. The van der Waals surface area contributed by atoms with Gasteiger partial charge in [-0.25, -0.2) is 4.21 Å². The molecule has 58 valence electrons. The molecule has 1 heterocycles. The van der Waals surface area contributed by atoms with E-state index in [4.69, 9.17) is 4.55 Å². The van der Waals surface area contributed by atoms with Crippen molar-refractivity contribution in [3.63, 3.8) is 0 Å². The lowest BCUT2D eigenvalue weighted by Crippen LogP contribution is -2.29. The summed E-state index contributed by atoms with van der Waals surface area (Å²) < 4.78 is 20.6. The Morgan fingerprint density at radius 2 is 2.50 bits per heavy atom. The Morgan fingerprint density at radius 1 is 1.80 bits per heavy atom. The van der Waals surface area contributed by atoms with Gasteiger partial charge in [-0.3, -0.25) is 4.55 Å². The lowest BCUT2D eigenvalue weighted by atomic mass is 10.1. The van der Waals surface area contributed by atoms with Gasteiger partial charge in [-0.15, -0.1) is 0 Å². The van der Waals surface area contributed by atoms with E-state index in [1.165, 1.54) is 9.88 Å². The molecule has 0 bridgehead atoms. The minimum atomic E-state index is -1.78. The summed E-state index contributed by atoms with van der Waals surface area (Å²) in [6.45, 7) is 3.35. The van der Waals surface area contributed by atoms with Gasteiger partial charge in [0.2, 0.25) is 11.3 Å². The van der Waals surface area contributed by atoms with Crippen LogP contribution < -0.4 is 0 Å². The molecule has 1 N–H and O–H groups in total. The summed E-state index contributed by atoms with van der Waals surface area (Å²) >= 11 is -1.78. The van der Waals surface area contributed by atoms with Crippen LogP contribution in [0.5, 0.6) is 0 Å². The zero-order chi connectivity index (χ0) is 7.56. The molecule has 0 saturated carbocycles. The zero-order valence-corrected chi connectivity index (χ0v) is 6.73. The van der Waals surface area contributed by atoms with Gasteiger partial charge >= 0.3 is 0 Å². The van der Waals surface area contributed by atoms with E-state index in [0.717, 1.165) is 6.42 Å². The molecule has 0 radical (unpaired) electrons. The lowest BCUT2D eigenvalue weighted by molar-refractivity contribution is 0.414. The highest BCUT2D eigenvalue weighted by atomic mass is 32.2. The molecule has 1 rings (SSSR count).